The summed E-state index contributed by atoms with van der Waals surface area (Å²) in [5, 5.41) is 3.03. The van der Waals surface area contributed by atoms with Gasteiger partial charge in [0, 0.05) is 30.8 Å². The maximum atomic E-state index is 12.7. The van der Waals surface area contributed by atoms with Gasteiger partial charge in [-0.25, -0.2) is 0 Å². The van der Waals surface area contributed by atoms with Gasteiger partial charge in [-0.05, 0) is 44.4 Å². The summed E-state index contributed by atoms with van der Waals surface area (Å²) < 4.78 is 10.5. The summed E-state index contributed by atoms with van der Waals surface area (Å²) in [6.45, 7) is 5.21. The van der Waals surface area contributed by atoms with E-state index in [0.717, 1.165) is 24.8 Å². The molecule has 142 valence electrons. The standard InChI is InChI=1S/C20H28N2O4/c1-5-14(2)12-19(23)21-16-8-10-22(11-9-16)20(24)15-6-7-17(25-3)18(13-15)26-4/h6-7,12-13,16H,5,8-11H2,1-4H3,(H,21,23)/b14-12+. The second-order valence-corrected chi connectivity index (χ2v) is 6.49. The molecule has 1 fully saturated rings. The first-order chi connectivity index (χ1) is 12.5. The third-order valence-electron chi connectivity index (χ3n) is 4.69. The molecule has 1 aromatic rings. The number of likely N-dealkylation sites (tertiary alicyclic amines) is 1. The van der Waals surface area contributed by atoms with E-state index in [1.165, 1.54) is 0 Å². The van der Waals surface area contributed by atoms with Crippen molar-refractivity contribution in [1.29, 1.82) is 0 Å². The molecule has 26 heavy (non-hydrogen) atoms. The molecule has 0 aliphatic carbocycles. The fraction of sp³-hybridized carbons (Fsp3) is 0.500. The van der Waals surface area contributed by atoms with Gasteiger partial charge in [-0.2, -0.15) is 0 Å². The van der Waals surface area contributed by atoms with Gasteiger partial charge >= 0.3 is 0 Å². The predicted octanol–water partition coefficient (Wildman–Crippen LogP) is 2.78. The Morgan fingerprint density at radius 1 is 1.19 bits per heavy atom. The number of benzene rings is 1. The molecule has 2 amide bonds. The first kappa shape index (κ1) is 19.8. The Morgan fingerprint density at radius 3 is 2.42 bits per heavy atom. The highest BCUT2D eigenvalue weighted by molar-refractivity contribution is 5.95. The van der Waals surface area contributed by atoms with Gasteiger partial charge in [-0.15, -0.1) is 0 Å². The van der Waals surface area contributed by atoms with E-state index in [2.05, 4.69) is 5.32 Å². The summed E-state index contributed by atoms with van der Waals surface area (Å²) in [5.41, 5.74) is 1.63. The van der Waals surface area contributed by atoms with Crippen LogP contribution in [0.1, 0.15) is 43.5 Å². The molecule has 0 aromatic heterocycles. The van der Waals surface area contributed by atoms with Crippen molar-refractivity contribution in [2.24, 2.45) is 0 Å². The van der Waals surface area contributed by atoms with Crippen LogP contribution < -0.4 is 14.8 Å². The van der Waals surface area contributed by atoms with Gasteiger partial charge in [0.05, 0.1) is 14.2 Å². The number of methoxy groups -OCH3 is 2. The summed E-state index contributed by atoms with van der Waals surface area (Å²) in [6, 6.07) is 5.29. The Hall–Kier alpha value is -2.50. The predicted molar refractivity (Wildman–Crippen MR) is 101 cm³/mol. The van der Waals surface area contributed by atoms with Gasteiger partial charge in [-0.3, -0.25) is 9.59 Å². The number of piperidine rings is 1. The minimum Gasteiger partial charge on any atom is -0.493 e. The van der Waals surface area contributed by atoms with Crippen molar-refractivity contribution in [2.45, 2.75) is 39.2 Å². The first-order valence-corrected chi connectivity index (χ1v) is 8.97. The van der Waals surface area contributed by atoms with Crippen LogP contribution in [-0.4, -0.2) is 50.1 Å². The minimum atomic E-state index is -0.0472. The Bertz CT molecular complexity index is 676. The number of carbonyl (C=O) groups excluding carboxylic acids is 2. The van der Waals surface area contributed by atoms with Crippen LogP contribution in [0.15, 0.2) is 29.8 Å². The molecule has 2 rings (SSSR count). The van der Waals surface area contributed by atoms with Crippen LogP contribution in [0.2, 0.25) is 0 Å². The van der Waals surface area contributed by atoms with E-state index in [1.54, 1.807) is 38.5 Å². The van der Waals surface area contributed by atoms with E-state index in [1.807, 2.05) is 18.7 Å². The molecule has 1 aromatic carbocycles. The molecule has 6 nitrogen and oxygen atoms in total. The van der Waals surface area contributed by atoms with Gasteiger partial charge in [0.2, 0.25) is 5.91 Å². The lowest BCUT2D eigenvalue weighted by Gasteiger charge is -2.32. The van der Waals surface area contributed by atoms with Gasteiger partial charge in [0.15, 0.2) is 11.5 Å². The lowest BCUT2D eigenvalue weighted by molar-refractivity contribution is -0.117. The highest BCUT2D eigenvalue weighted by atomic mass is 16.5. The van der Waals surface area contributed by atoms with Gasteiger partial charge in [0.25, 0.3) is 5.91 Å². The summed E-state index contributed by atoms with van der Waals surface area (Å²) in [4.78, 5) is 26.5. The molecule has 1 N–H and O–H groups in total. The fourth-order valence-electron chi connectivity index (χ4n) is 2.95. The number of hydrogen-bond acceptors (Lipinski definition) is 4. The van der Waals surface area contributed by atoms with Crippen molar-refractivity contribution >= 4 is 11.8 Å². The topological polar surface area (TPSA) is 67.9 Å². The van der Waals surface area contributed by atoms with E-state index < -0.39 is 0 Å². The highest BCUT2D eigenvalue weighted by Crippen LogP contribution is 2.28. The number of amides is 2. The summed E-state index contributed by atoms with van der Waals surface area (Å²) >= 11 is 0. The largest absolute Gasteiger partial charge is 0.493 e. The summed E-state index contributed by atoms with van der Waals surface area (Å²) in [5.74, 6) is 1.06. The van der Waals surface area contributed by atoms with Crippen LogP contribution in [0.4, 0.5) is 0 Å². The quantitative estimate of drug-likeness (QED) is 0.792. The van der Waals surface area contributed by atoms with Crippen molar-refractivity contribution in [1.82, 2.24) is 10.2 Å². The Morgan fingerprint density at radius 2 is 1.85 bits per heavy atom. The Labute approximate surface area is 155 Å². The van der Waals surface area contributed by atoms with Crippen molar-refractivity contribution in [3.8, 4) is 11.5 Å². The molecule has 0 saturated carbocycles. The number of carbonyl (C=O) groups is 2. The maximum Gasteiger partial charge on any atom is 0.253 e. The number of allylic oxidation sites excluding steroid dienone is 1. The monoisotopic (exact) mass is 360 g/mol. The average Bonchev–Trinajstić information content (AvgIpc) is 2.67. The van der Waals surface area contributed by atoms with E-state index in [-0.39, 0.29) is 17.9 Å². The molecule has 1 heterocycles. The van der Waals surface area contributed by atoms with E-state index in [0.29, 0.717) is 30.2 Å². The van der Waals surface area contributed by atoms with E-state index in [4.69, 9.17) is 9.47 Å². The molecule has 6 heteroatoms. The second-order valence-electron chi connectivity index (χ2n) is 6.49. The van der Waals surface area contributed by atoms with Crippen LogP contribution in [-0.2, 0) is 4.79 Å². The molecule has 0 atom stereocenters. The molecular formula is C20H28N2O4. The van der Waals surface area contributed by atoms with Gasteiger partial charge < -0.3 is 19.7 Å². The molecule has 0 bridgehead atoms. The van der Waals surface area contributed by atoms with Crippen LogP contribution >= 0.6 is 0 Å². The minimum absolute atomic E-state index is 0.0301. The maximum absolute atomic E-state index is 12.7. The summed E-state index contributed by atoms with van der Waals surface area (Å²) in [6.07, 6.45) is 4.03. The lowest BCUT2D eigenvalue weighted by Crippen LogP contribution is -2.46. The normalized spacial score (nSPS) is 15.5. The number of rotatable bonds is 6. The van der Waals surface area contributed by atoms with Crippen LogP contribution in [0, 0.1) is 0 Å². The first-order valence-electron chi connectivity index (χ1n) is 8.97. The molecule has 1 saturated heterocycles. The smallest absolute Gasteiger partial charge is 0.253 e. The fourth-order valence-corrected chi connectivity index (χ4v) is 2.95. The Kier molecular flexibility index (Phi) is 7.06. The van der Waals surface area contributed by atoms with E-state index in [9.17, 15) is 9.59 Å². The zero-order valence-electron chi connectivity index (χ0n) is 16.0. The zero-order valence-corrected chi connectivity index (χ0v) is 16.0. The lowest BCUT2D eigenvalue weighted by atomic mass is 10.0. The zero-order chi connectivity index (χ0) is 19.1. The van der Waals surface area contributed by atoms with Gasteiger partial charge in [0.1, 0.15) is 0 Å². The molecule has 1 aliphatic heterocycles. The SMILES string of the molecule is CC/C(C)=C/C(=O)NC1CCN(C(=O)c2ccc(OC)c(OC)c2)CC1. The molecule has 0 radical (unpaired) electrons. The van der Waals surface area contributed by atoms with Crippen molar-refractivity contribution in [3.05, 3.63) is 35.4 Å². The molecule has 0 spiro atoms. The third kappa shape index (κ3) is 5.00. The molecular weight excluding hydrogens is 332 g/mol. The number of ether oxygens (including phenoxy) is 2. The van der Waals surface area contributed by atoms with Gasteiger partial charge in [-0.1, -0.05) is 12.5 Å². The number of nitrogens with zero attached hydrogens (tertiary/aromatic N) is 1. The Balaban J connectivity index is 1.93. The number of nitrogens with one attached hydrogen (secondary N) is 1. The van der Waals surface area contributed by atoms with Crippen molar-refractivity contribution < 1.29 is 19.1 Å². The highest BCUT2D eigenvalue weighted by Gasteiger charge is 2.25. The van der Waals surface area contributed by atoms with Crippen LogP contribution in [0.5, 0.6) is 11.5 Å². The average molecular weight is 360 g/mol. The number of hydrogen-bond donors (Lipinski definition) is 1. The van der Waals surface area contributed by atoms with Crippen molar-refractivity contribution in [3.63, 3.8) is 0 Å². The second kappa shape index (κ2) is 9.27. The van der Waals surface area contributed by atoms with Crippen molar-refractivity contribution in [2.75, 3.05) is 27.3 Å². The molecule has 0 unspecified atom stereocenters. The molecule has 1 aliphatic rings. The third-order valence-corrected chi connectivity index (χ3v) is 4.69. The van der Waals surface area contributed by atoms with Crippen LogP contribution in [0.25, 0.3) is 0 Å². The van der Waals surface area contributed by atoms with Crippen LogP contribution in [0.3, 0.4) is 0 Å². The summed E-state index contributed by atoms with van der Waals surface area (Å²) in [7, 11) is 3.12. The van der Waals surface area contributed by atoms with E-state index >= 15 is 0 Å².